The highest BCUT2D eigenvalue weighted by molar-refractivity contribution is 6.31. The molecular weight excluding hydrogens is 324 g/mol. The fourth-order valence-corrected chi connectivity index (χ4v) is 2.10. The number of fused-ring (bicyclic) bond motifs is 1. The van der Waals surface area contributed by atoms with Crippen LogP contribution in [0.15, 0.2) is 22.6 Å². The van der Waals surface area contributed by atoms with E-state index in [0.29, 0.717) is 21.6 Å². The summed E-state index contributed by atoms with van der Waals surface area (Å²) in [6.07, 6.45) is -1.16. The first-order chi connectivity index (χ1) is 10.8. The number of halogens is 1. The molecule has 0 fully saturated rings. The Morgan fingerprint density at radius 2 is 2.00 bits per heavy atom. The van der Waals surface area contributed by atoms with Crippen molar-refractivity contribution in [1.29, 1.82) is 0 Å². The Kier molecular flexibility index (Phi) is 4.90. The van der Waals surface area contributed by atoms with Gasteiger partial charge in [-0.05, 0) is 32.0 Å². The van der Waals surface area contributed by atoms with Crippen molar-refractivity contribution in [1.82, 2.24) is 10.6 Å². The van der Waals surface area contributed by atoms with Gasteiger partial charge in [0.1, 0.15) is 5.58 Å². The first kappa shape index (κ1) is 16.8. The summed E-state index contributed by atoms with van der Waals surface area (Å²) < 4.78 is 10.5. The fourth-order valence-electron chi connectivity index (χ4n) is 1.93. The third-order valence-electron chi connectivity index (χ3n) is 3.20. The van der Waals surface area contributed by atoms with Crippen LogP contribution in [0.25, 0.3) is 11.0 Å². The number of amides is 3. The van der Waals surface area contributed by atoms with Gasteiger partial charge in [-0.15, -0.1) is 0 Å². The number of aryl methyl sites for hydroxylation is 1. The van der Waals surface area contributed by atoms with E-state index in [1.807, 2.05) is 5.32 Å². The second-order valence-corrected chi connectivity index (χ2v) is 5.25. The fraction of sp³-hybridized carbons (Fsp3) is 0.267. The molecular formula is C15H15ClN2O5. The van der Waals surface area contributed by atoms with Crippen molar-refractivity contribution < 1.29 is 23.5 Å². The molecule has 0 spiro atoms. The summed E-state index contributed by atoms with van der Waals surface area (Å²) in [6.45, 7) is 3.04. The highest BCUT2D eigenvalue weighted by Gasteiger charge is 2.25. The first-order valence-corrected chi connectivity index (χ1v) is 7.13. The molecule has 1 aromatic carbocycles. The molecule has 0 radical (unpaired) electrons. The number of benzene rings is 1. The highest BCUT2D eigenvalue weighted by atomic mass is 35.5. The minimum Gasteiger partial charge on any atom is -0.449 e. The maximum Gasteiger partial charge on any atom is 0.375 e. The molecule has 0 unspecified atom stereocenters. The molecule has 1 atom stereocenters. The smallest absolute Gasteiger partial charge is 0.375 e. The standard InChI is InChI=1S/C15H15ClN2O5/c1-7-10-6-9(16)4-5-11(10)23-12(7)14(20)22-8(2)13(19)18-15(21)17-3/h4-6,8H,1-3H3,(H2,17,18,19,21)/t8-/m0/s1. The van der Waals surface area contributed by atoms with Gasteiger partial charge in [0.15, 0.2) is 6.10 Å². The number of carbonyl (C=O) groups excluding carboxylic acids is 3. The summed E-state index contributed by atoms with van der Waals surface area (Å²) in [5, 5.41) is 5.45. The SMILES string of the molecule is CNC(=O)NC(=O)[C@H](C)OC(=O)c1oc2ccc(Cl)cc2c1C. The van der Waals surface area contributed by atoms with E-state index in [4.69, 9.17) is 20.8 Å². The summed E-state index contributed by atoms with van der Waals surface area (Å²) >= 11 is 5.92. The summed E-state index contributed by atoms with van der Waals surface area (Å²) in [6, 6.07) is 4.27. The van der Waals surface area contributed by atoms with Crippen molar-refractivity contribution >= 4 is 40.5 Å². The largest absolute Gasteiger partial charge is 0.449 e. The Labute approximate surface area is 136 Å². The number of esters is 1. The molecule has 1 aromatic heterocycles. The van der Waals surface area contributed by atoms with Crippen LogP contribution in [0, 0.1) is 6.92 Å². The molecule has 23 heavy (non-hydrogen) atoms. The molecule has 7 nitrogen and oxygen atoms in total. The van der Waals surface area contributed by atoms with E-state index in [0.717, 1.165) is 0 Å². The van der Waals surface area contributed by atoms with Crippen molar-refractivity contribution in [2.45, 2.75) is 20.0 Å². The van der Waals surface area contributed by atoms with Crippen molar-refractivity contribution in [3.63, 3.8) is 0 Å². The summed E-state index contributed by atoms with van der Waals surface area (Å²) in [4.78, 5) is 34.9. The molecule has 0 aliphatic carbocycles. The first-order valence-electron chi connectivity index (χ1n) is 6.75. The third kappa shape index (κ3) is 3.62. The van der Waals surface area contributed by atoms with Crippen LogP contribution in [0.4, 0.5) is 4.79 Å². The molecule has 0 aliphatic heterocycles. The van der Waals surface area contributed by atoms with Crippen LogP contribution in [-0.2, 0) is 9.53 Å². The Hall–Kier alpha value is -2.54. The van der Waals surface area contributed by atoms with E-state index in [1.165, 1.54) is 14.0 Å². The van der Waals surface area contributed by atoms with E-state index in [2.05, 4.69) is 5.32 Å². The minimum atomic E-state index is -1.16. The zero-order chi connectivity index (χ0) is 17.1. The molecule has 2 N–H and O–H groups in total. The summed E-state index contributed by atoms with van der Waals surface area (Å²) in [5.41, 5.74) is 1.05. The van der Waals surface area contributed by atoms with Crippen LogP contribution in [-0.4, -0.2) is 31.1 Å². The second-order valence-electron chi connectivity index (χ2n) is 4.81. The van der Waals surface area contributed by atoms with E-state index >= 15 is 0 Å². The molecule has 0 aliphatic rings. The van der Waals surface area contributed by atoms with Gasteiger partial charge in [-0.3, -0.25) is 10.1 Å². The van der Waals surface area contributed by atoms with Crippen molar-refractivity contribution in [3.05, 3.63) is 34.5 Å². The van der Waals surface area contributed by atoms with Gasteiger partial charge in [0.05, 0.1) is 0 Å². The van der Waals surface area contributed by atoms with Gasteiger partial charge in [0.25, 0.3) is 5.91 Å². The lowest BCUT2D eigenvalue weighted by Crippen LogP contribution is -2.43. The Bertz CT molecular complexity index is 784. The number of urea groups is 1. The third-order valence-corrected chi connectivity index (χ3v) is 3.44. The monoisotopic (exact) mass is 338 g/mol. The van der Waals surface area contributed by atoms with Crippen LogP contribution < -0.4 is 10.6 Å². The number of ether oxygens (including phenoxy) is 1. The van der Waals surface area contributed by atoms with Crippen LogP contribution in [0.2, 0.25) is 5.02 Å². The average molecular weight is 339 g/mol. The van der Waals surface area contributed by atoms with Gasteiger partial charge in [0, 0.05) is 23.0 Å². The lowest BCUT2D eigenvalue weighted by Gasteiger charge is -2.11. The van der Waals surface area contributed by atoms with Crippen LogP contribution in [0.3, 0.4) is 0 Å². The Morgan fingerprint density at radius 3 is 2.65 bits per heavy atom. The Morgan fingerprint density at radius 1 is 1.30 bits per heavy atom. The maximum absolute atomic E-state index is 12.2. The summed E-state index contributed by atoms with van der Waals surface area (Å²) in [5.74, 6) is -1.55. The molecule has 0 saturated heterocycles. The molecule has 2 rings (SSSR count). The van der Waals surface area contributed by atoms with Crippen molar-refractivity contribution in [2.75, 3.05) is 7.05 Å². The molecule has 1 heterocycles. The molecule has 0 saturated carbocycles. The zero-order valence-corrected chi connectivity index (χ0v) is 13.5. The highest BCUT2D eigenvalue weighted by Crippen LogP contribution is 2.28. The van der Waals surface area contributed by atoms with E-state index < -0.39 is 24.0 Å². The zero-order valence-electron chi connectivity index (χ0n) is 12.7. The molecule has 2 aromatic rings. The number of furan rings is 1. The van der Waals surface area contributed by atoms with Crippen LogP contribution in [0.1, 0.15) is 23.0 Å². The number of imide groups is 1. The number of rotatable bonds is 3. The van der Waals surface area contributed by atoms with Gasteiger partial charge >= 0.3 is 12.0 Å². The molecule has 8 heteroatoms. The van der Waals surface area contributed by atoms with Gasteiger partial charge in [-0.1, -0.05) is 11.6 Å². The lowest BCUT2D eigenvalue weighted by molar-refractivity contribution is -0.128. The predicted octanol–water partition coefficient (Wildman–Crippen LogP) is 2.40. The van der Waals surface area contributed by atoms with Gasteiger partial charge < -0.3 is 14.5 Å². The molecule has 122 valence electrons. The Balaban J connectivity index is 2.16. The average Bonchev–Trinajstić information content (AvgIpc) is 2.83. The van der Waals surface area contributed by atoms with E-state index in [1.54, 1.807) is 25.1 Å². The van der Waals surface area contributed by atoms with Crippen LogP contribution >= 0.6 is 11.6 Å². The molecule has 3 amide bonds. The van der Waals surface area contributed by atoms with Gasteiger partial charge in [-0.2, -0.15) is 0 Å². The molecule has 0 bridgehead atoms. The number of hydrogen-bond donors (Lipinski definition) is 2. The van der Waals surface area contributed by atoms with Gasteiger partial charge in [-0.25, -0.2) is 9.59 Å². The van der Waals surface area contributed by atoms with Gasteiger partial charge in [0.2, 0.25) is 5.76 Å². The lowest BCUT2D eigenvalue weighted by atomic mass is 10.1. The second kappa shape index (κ2) is 6.70. The number of nitrogens with one attached hydrogen (secondary N) is 2. The van der Waals surface area contributed by atoms with Crippen molar-refractivity contribution in [3.8, 4) is 0 Å². The normalized spacial score (nSPS) is 11.8. The minimum absolute atomic E-state index is 0.0122. The van der Waals surface area contributed by atoms with E-state index in [9.17, 15) is 14.4 Å². The number of hydrogen-bond acceptors (Lipinski definition) is 5. The van der Waals surface area contributed by atoms with Crippen molar-refractivity contribution in [2.24, 2.45) is 0 Å². The predicted molar refractivity (Wildman–Crippen MR) is 83.4 cm³/mol. The quantitative estimate of drug-likeness (QED) is 0.837. The number of carbonyl (C=O) groups is 3. The van der Waals surface area contributed by atoms with Crippen LogP contribution in [0.5, 0.6) is 0 Å². The maximum atomic E-state index is 12.2. The topological polar surface area (TPSA) is 97.6 Å². The summed E-state index contributed by atoms with van der Waals surface area (Å²) in [7, 11) is 1.36. The van der Waals surface area contributed by atoms with E-state index in [-0.39, 0.29) is 5.76 Å².